The van der Waals surface area contributed by atoms with Crippen molar-refractivity contribution >= 4 is 23.6 Å². The number of nitrogens with zero attached hydrogens (tertiary/aromatic N) is 2. The molecule has 0 atom stereocenters. The van der Waals surface area contributed by atoms with E-state index < -0.39 is 52.7 Å². The Labute approximate surface area is 195 Å². The van der Waals surface area contributed by atoms with E-state index in [2.05, 4.69) is 0 Å². The molecular weight excluding hydrogens is 483 g/mol. The molecule has 1 aliphatic heterocycles. The van der Waals surface area contributed by atoms with Gasteiger partial charge in [-0.1, -0.05) is 12.1 Å². The molecule has 2 amide bonds. The molecule has 35 heavy (non-hydrogen) atoms. The monoisotopic (exact) mass is 503 g/mol. The molecule has 1 aliphatic rings. The van der Waals surface area contributed by atoms with E-state index in [1.807, 2.05) is 0 Å². The Morgan fingerprint density at radius 3 is 1.89 bits per heavy atom. The quantitative estimate of drug-likeness (QED) is 0.460. The molecule has 0 radical (unpaired) electrons. The Kier molecular flexibility index (Phi) is 7.53. The molecule has 2 aromatic rings. The lowest BCUT2D eigenvalue weighted by Gasteiger charge is -2.39. The maximum Gasteiger partial charge on any atom is 0.416 e. The molecule has 1 fully saturated rings. The van der Waals surface area contributed by atoms with Crippen molar-refractivity contribution in [1.29, 1.82) is 0 Å². The fourth-order valence-electron chi connectivity index (χ4n) is 3.65. The summed E-state index contributed by atoms with van der Waals surface area (Å²) < 4.78 is 93.5. The Morgan fingerprint density at radius 2 is 1.43 bits per heavy atom. The standard InChI is InChI=1S/C23H20F7N3O2/c24-18-4-1-14(2-5-18)3-6-20(34)33(32-9-7-15(8-10-32)21(31)35)19-12-16(22(25,26)27)11-17(13-19)23(28,29)30/h1-6,11-13,15H,7-10H2,(H2,31,35)/b6-3+. The topological polar surface area (TPSA) is 66.6 Å². The van der Waals surface area contributed by atoms with Gasteiger partial charge in [0.15, 0.2) is 0 Å². The van der Waals surface area contributed by atoms with Crippen LogP contribution in [-0.2, 0) is 21.9 Å². The Hall–Kier alpha value is -3.41. The Bertz CT molecular complexity index is 1070. The molecule has 0 spiro atoms. The van der Waals surface area contributed by atoms with Gasteiger partial charge >= 0.3 is 12.4 Å². The maximum atomic E-state index is 13.4. The van der Waals surface area contributed by atoms with Crippen molar-refractivity contribution < 1.29 is 40.3 Å². The number of hydrazine groups is 1. The van der Waals surface area contributed by atoms with Gasteiger partial charge in [-0.15, -0.1) is 0 Å². The van der Waals surface area contributed by atoms with Crippen molar-refractivity contribution in [2.45, 2.75) is 25.2 Å². The number of rotatable bonds is 5. The van der Waals surface area contributed by atoms with Crippen LogP contribution in [0.25, 0.3) is 6.08 Å². The van der Waals surface area contributed by atoms with E-state index in [0.29, 0.717) is 17.7 Å². The van der Waals surface area contributed by atoms with Crippen molar-refractivity contribution in [2.75, 3.05) is 18.1 Å². The summed E-state index contributed by atoms with van der Waals surface area (Å²) >= 11 is 0. The molecule has 1 saturated heterocycles. The number of carbonyl (C=O) groups excluding carboxylic acids is 2. The Balaban J connectivity index is 2.04. The SMILES string of the molecule is NC(=O)C1CCN(N(C(=O)/C=C/c2ccc(F)cc2)c2cc(C(F)(F)F)cc(C(F)(F)F)c2)CC1. The first-order valence-corrected chi connectivity index (χ1v) is 10.4. The van der Waals surface area contributed by atoms with E-state index in [-0.39, 0.29) is 32.0 Å². The highest BCUT2D eigenvalue weighted by Crippen LogP contribution is 2.39. The smallest absolute Gasteiger partial charge is 0.369 e. The zero-order valence-electron chi connectivity index (χ0n) is 18.0. The third kappa shape index (κ3) is 6.59. The highest BCUT2D eigenvalue weighted by molar-refractivity contribution is 6.03. The number of anilines is 1. The van der Waals surface area contributed by atoms with Crippen molar-refractivity contribution in [3.63, 3.8) is 0 Å². The summed E-state index contributed by atoms with van der Waals surface area (Å²) in [4.78, 5) is 24.6. The molecule has 0 aromatic heterocycles. The summed E-state index contributed by atoms with van der Waals surface area (Å²) in [5.41, 5.74) is 1.88. The summed E-state index contributed by atoms with van der Waals surface area (Å²) in [5, 5.41) is 1.99. The van der Waals surface area contributed by atoms with Crippen LogP contribution in [0.1, 0.15) is 29.5 Å². The van der Waals surface area contributed by atoms with E-state index in [1.54, 1.807) is 0 Å². The van der Waals surface area contributed by atoms with E-state index in [4.69, 9.17) is 5.73 Å². The summed E-state index contributed by atoms with van der Waals surface area (Å²) in [5.74, 6) is -2.59. The number of alkyl halides is 6. The van der Waals surface area contributed by atoms with E-state index >= 15 is 0 Å². The third-order valence-corrected chi connectivity index (χ3v) is 5.47. The third-order valence-electron chi connectivity index (χ3n) is 5.47. The van der Waals surface area contributed by atoms with Crippen LogP contribution in [0.4, 0.5) is 36.4 Å². The first-order chi connectivity index (χ1) is 16.3. The minimum atomic E-state index is -5.10. The molecule has 2 N–H and O–H groups in total. The first kappa shape index (κ1) is 26.2. The van der Waals surface area contributed by atoms with Gasteiger partial charge in [0.1, 0.15) is 5.82 Å². The Morgan fingerprint density at radius 1 is 0.914 bits per heavy atom. The number of hydrogen-bond acceptors (Lipinski definition) is 3. The predicted molar refractivity (Wildman–Crippen MR) is 113 cm³/mol. The van der Waals surface area contributed by atoms with Crippen LogP contribution in [0.15, 0.2) is 48.5 Å². The van der Waals surface area contributed by atoms with Gasteiger partial charge in [-0.05, 0) is 54.8 Å². The second kappa shape index (κ2) is 10.1. The van der Waals surface area contributed by atoms with Gasteiger partial charge in [-0.2, -0.15) is 26.3 Å². The highest BCUT2D eigenvalue weighted by atomic mass is 19.4. The highest BCUT2D eigenvalue weighted by Gasteiger charge is 2.39. The number of nitrogens with two attached hydrogens (primary N) is 1. The molecule has 0 unspecified atom stereocenters. The summed E-state index contributed by atoms with van der Waals surface area (Å²) in [6.45, 7) is -0.0251. The molecule has 12 heteroatoms. The minimum Gasteiger partial charge on any atom is -0.369 e. The number of hydrogen-bond donors (Lipinski definition) is 1. The van der Waals surface area contributed by atoms with Gasteiger partial charge in [0, 0.05) is 25.1 Å². The van der Waals surface area contributed by atoms with Crippen LogP contribution >= 0.6 is 0 Å². The largest absolute Gasteiger partial charge is 0.416 e. The number of amides is 2. The van der Waals surface area contributed by atoms with Crippen molar-refractivity contribution in [1.82, 2.24) is 5.01 Å². The van der Waals surface area contributed by atoms with Gasteiger partial charge in [-0.3, -0.25) is 9.59 Å². The zero-order chi connectivity index (χ0) is 26.0. The average molecular weight is 503 g/mol. The molecule has 5 nitrogen and oxygen atoms in total. The number of primary amides is 1. The lowest BCUT2D eigenvalue weighted by molar-refractivity contribution is -0.143. The normalized spacial score (nSPS) is 16.0. The number of piperidine rings is 1. The minimum absolute atomic E-state index is 0.0126. The average Bonchev–Trinajstić information content (AvgIpc) is 2.78. The number of benzene rings is 2. The van der Waals surface area contributed by atoms with Gasteiger partial charge in [0.05, 0.1) is 16.8 Å². The van der Waals surface area contributed by atoms with Crippen LogP contribution in [0.2, 0.25) is 0 Å². The molecule has 0 aliphatic carbocycles. The zero-order valence-corrected chi connectivity index (χ0v) is 18.0. The van der Waals surface area contributed by atoms with Gasteiger partial charge in [-0.25, -0.2) is 14.4 Å². The van der Waals surface area contributed by atoms with Gasteiger partial charge < -0.3 is 5.73 Å². The second-order valence-electron chi connectivity index (χ2n) is 7.93. The van der Waals surface area contributed by atoms with Crippen LogP contribution in [0.3, 0.4) is 0 Å². The van der Waals surface area contributed by atoms with E-state index in [9.17, 15) is 40.3 Å². The fourth-order valence-corrected chi connectivity index (χ4v) is 3.65. The van der Waals surface area contributed by atoms with Crippen LogP contribution < -0.4 is 10.7 Å². The summed E-state index contributed by atoms with van der Waals surface area (Å²) in [7, 11) is 0. The molecule has 2 aromatic carbocycles. The molecular formula is C23H20F7N3O2. The lowest BCUT2D eigenvalue weighted by Crippen LogP contribution is -2.51. The second-order valence-corrected chi connectivity index (χ2v) is 7.93. The van der Waals surface area contributed by atoms with Crippen molar-refractivity contribution in [2.24, 2.45) is 11.7 Å². The first-order valence-electron chi connectivity index (χ1n) is 10.4. The predicted octanol–water partition coefficient (Wildman–Crippen LogP) is 5.02. The molecule has 0 bridgehead atoms. The van der Waals surface area contributed by atoms with Crippen LogP contribution in [0.5, 0.6) is 0 Å². The van der Waals surface area contributed by atoms with Crippen molar-refractivity contribution in [3.05, 3.63) is 71.0 Å². The fraction of sp³-hybridized carbons (Fsp3) is 0.304. The van der Waals surface area contributed by atoms with E-state index in [1.165, 1.54) is 23.2 Å². The number of halogens is 7. The van der Waals surface area contributed by atoms with Gasteiger partial charge in [0.2, 0.25) is 5.91 Å². The lowest BCUT2D eigenvalue weighted by atomic mass is 9.97. The molecule has 3 rings (SSSR count). The molecule has 1 heterocycles. The molecule has 188 valence electrons. The summed E-state index contributed by atoms with van der Waals surface area (Å²) in [6.07, 6.45) is -7.68. The summed E-state index contributed by atoms with van der Waals surface area (Å²) in [6, 6.07) is 5.82. The van der Waals surface area contributed by atoms with Gasteiger partial charge in [0.25, 0.3) is 5.91 Å². The van der Waals surface area contributed by atoms with Crippen LogP contribution in [0, 0.1) is 11.7 Å². The molecule has 0 saturated carbocycles. The maximum absolute atomic E-state index is 13.4. The van der Waals surface area contributed by atoms with Crippen molar-refractivity contribution in [3.8, 4) is 0 Å². The number of carbonyl (C=O) groups is 2. The van der Waals surface area contributed by atoms with Crippen LogP contribution in [-0.4, -0.2) is 29.9 Å². The van der Waals surface area contributed by atoms with E-state index in [0.717, 1.165) is 23.2 Å².